The Balaban J connectivity index is 1.74. The highest BCUT2D eigenvalue weighted by atomic mass is 32.2. The summed E-state index contributed by atoms with van der Waals surface area (Å²) in [5, 5.41) is 11.4. The molecule has 1 aliphatic rings. The van der Waals surface area contributed by atoms with E-state index < -0.39 is 0 Å². The zero-order chi connectivity index (χ0) is 17.8. The van der Waals surface area contributed by atoms with Crippen molar-refractivity contribution in [2.24, 2.45) is 0 Å². The van der Waals surface area contributed by atoms with Gasteiger partial charge in [0.25, 0.3) is 11.1 Å². The number of hydrogen-bond donors (Lipinski definition) is 1. The summed E-state index contributed by atoms with van der Waals surface area (Å²) in [4.78, 5) is 36.9. The average molecular weight is 351 g/mol. The smallest absolute Gasteiger partial charge is 0.289 e. The number of thioether (sulfide) groups is 1. The predicted molar refractivity (Wildman–Crippen MR) is 94.0 cm³/mol. The van der Waals surface area contributed by atoms with Gasteiger partial charge in [0.2, 0.25) is 5.91 Å². The molecule has 1 N–H and O–H groups in total. The van der Waals surface area contributed by atoms with Crippen molar-refractivity contribution in [3.05, 3.63) is 65.2 Å². The monoisotopic (exact) mass is 351 g/mol. The van der Waals surface area contributed by atoms with Gasteiger partial charge in [-0.05, 0) is 35.9 Å². The number of imide groups is 1. The van der Waals surface area contributed by atoms with Crippen LogP contribution in [0.1, 0.15) is 21.5 Å². The highest BCUT2D eigenvalue weighted by Crippen LogP contribution is 2.21. The Hall–Kier alpha value is -3.11. The normalized spacial score (nSPS) is 13.6. The minimum absolute atomic E-state index is 0.149. The fraction of sp³-hybridized carbons (Fsp3) is 0.111. The van der Waals surface area contributed by atoms with Crippen LogP contribution in [0.3, 0.4) is 0 Å². The fourth-order valence-electron chi connectivity index (χ4n) is 2.40. The molecule has 0 unspecified atom stereocenters. The Morgan fingerprint density at radius 2 is 2.00 bits per heavy atom. The minimum atomic E-state index is -0.328. The van der Waals surface area contributed by atoms with Crippen LogP contribution in [0, 0.1) is 11.3 Å². The number of carbonyl (C=O) groups excluding carboxylic acids is 3. The van der Waals surface area contributed by atoms with E-state index in [1.54, 1.807) is 48.5 Å². The molecule has 0 spiro atoms. The zero-order valence-corrected chi connectivity index (χ0v) is 13.9. The number of anilines is 1. The van der Waals surface area contributed by atoms with E-state index in [1.807, 2.05) is 6.07 Å². The lowest BCUT2D eigenvalue weighted by Crippen LogP contribution is -2.28. The maximum atomic E-state index is 12.4. The van der Waals surface area contributed by atoms with Gasteiger partial charge in [-0.1, -0.05) is 30.0 Å². The van der Waals surface area contributed by atoms with E-state index in [0.29, 0.717) is 22.4 Å². The minimum Gasteiger partial charge on any atom is -0.322 e. The lowest BCUT2D eigenvalue weighted by molar-refractivity contribution is -0.125. The van der Waals surface area contributed by atoms with Crippen molar-refractivity contribution in [1.82, 2.24) is 4.90 Å². The molecule has 0 aromatic heterocycles. The van der Waals surface area contributed by atoms with Crippen molar-refractivity contribution < 1.29 is 14.4 Å². The quantitative estimate of drug-likeness (QED) is 0.914. The van der Waals surface area contributed by atoms with Crippen molar-refractivity contribution in [1.29, 1.82) is 5.26 Å². The molecule has 1 fully saturated rings. The molecule has 2 aromatic carbocycles. The zero-order valence-electron chi connectivity index (χ0n) is 13.1. The molecular weight excluding hydrogens is 338 g/mol. The molecule has 6 nitrogen and oxygen atoms in total. The molecule has 25 heavy (non-hydrogen) atoms. The van der Waals surface area contributed by atoms with Crippen molar-refractivity contribution >= 4 is 34.5 Å². The average Bonchev–Trinajstić information content (AvgIpc) is 2.94. The Bertz CT molecular complexity index is 888. The van der Waals surface area contributed by atoms with E-state index in [9.17, 15) is 14.4 Å². The Morgan fingerprint density at radius 3 is 2.72 bits per heavy atom. The summed E-state index contributed by atoms with van der Waals surface area (Å²) in [6.07, 6.45) is 0. The van der Waals surface area contributed by atoms with E-state index in [-0.39, 0.29) is 29.4 Å². The number of carbonyl (C=O) groups is 3. The number of nitrogens with one attached hydrogen (secondary N) is 1. The Kier molecular flexibility index (Phi) is 4.82. The van der Waals surface area contributed by atoms with Gasteiger partial charge in [0.15, 0.2) is 0 Å². The largest absolute Gasteiger partial charge is 0.322 e. The van der Waals surface area contributed by atoms with E-state index in [2.05, 4.69) is 5.32 Å². The first-order valence-corrected chi connectivity index (χ1v) is 8.43. The molecule has 1 aliphatic heterocycles. The van der Waals surface area contributed by atoms with Crippen LogP contribution in [0.2, 0.25) is 0 Å². The number of nitrogens with zero attached hydrogens (tertiary/aromatic N) is 2. The third-order valence-electron chi connectivity index (χ3n) is 3.62. The molecule has 0 atom stereocenters. The summed E-state index contributed by atoms with van der Waals surface area (Å²) in [7, 11) is 0. The summed E-state index contributed by atoms with van der Waals surface area (Å²) < 4.78 is 0. The summed E-state index contributed by atoms with van der Waals surface area (Å²) in [5.41, 5.74) is 2.08. The summed E-state index contributed by atoms with van der Waals surface area (Å²) in [5.74, 6) is -0.391. The van der Waals surface area contributed by atoms with Gasteiger partial charge in [0.1, 0.15) is 0 Å². The van der Waals surface area contributed by atoms with Gasteiger partial charge in [-0.25, -0.2) is 0 Å². The van der Waals surface area contributed by atoms with Crippen LogP contribution in [0.15, 0.2) is 48.5 Å². The molecule has 3 rings (SSSR count). The first-order chi connectivity index (χ1) is 12.1. The van der Waals surface area contributed by atoms with Gasteiger partial charge in [0, 0.05) is 11.3 Å². The lowest BCUT2D eigenvalue weighted by atomic mass is 10.1. The van der Waals surface area contributed by atoms with Gasteiger partial charge >= 0.3 is 0 Å². The van der Waals surface area contributed by atoms with Gasteiger partial charge in [0.05, 0.1) is 23.9 Å². The Morgan fingerprint density at radius 1 is 1.20 bits per heavy atom. The molecule has 124 valence electrons. The number of nitriles is 1. The summed E-state index contributed by atoms with van der Waals surface area (Å²) in [6, 6.07) is 15.4. The SMILES string of the molecule is N#Cc1cccc(NC(=O)c2cccc(CN3C(=O)CSC3=O)c2)c1. The molecule has 0 radical (unpaired) electrons. The van der Waals surface area contributed by atoms with E-state index in [0.717, 1.165) is 11.8 Å². The fourth-order valence-corrected chi connectivity index (χ4v) is 3.12. The molecule has 3 amide bonds. The van der Waals surface area contributed by atoms with Crippen LogP contribution in [0.4, 0.5) is 10.5 Å². The molecule has 1 heterocycles. The highest BCUT2D eigenvalue weighted by molar-refractivity contribution is 8.14. The maximum Gasteiger partial charge on any atom is 0.289 e. The first-order valence-electron chi connectivity index (χ1n) is 7.44. The second-order valence-corrected chi connectivity index (χ2v) is 6.31. The van der Waals surface area contributed by atoms with Crippen molar-refractivity contribution in [2.75, 3.05) is 11.1 Å². The number of benzene rings is 2. The molecule has 2 aromatic rings. The Labute approximate surface area is 148 Å². The van der Waals surface area contributed by atoms with Gasteiger partial charge in [-0.2, -0.15) is 5.26 Å². The highest BCUT2D eigenvalue weighted by Gasteiger charge is 2.29. The van der Waals surface area contributed by atoms with Crippen LogP contribution in [0.25, 0.3) is 0 Å². The van der Waals surface area contributed by atoms with Gasteiger partial charge in [-0.3, -0.25) is 19.3 Å². The topological polar surface area (TPSA) is 90.3 Å². The summed E-state index contributed by atoms with van der Waals surface area (Å²) in [6.45, 7) is 0.149. The van der Waals surface area contributed by atoms with Crippen LogP contribution < -0.4 is 5.32 Å². The third-order valence-corrected chi connectivity index (χ3v) is 4.48. The number of amides is 3. The van der Waals surface area contributed by atoms with Gasteiger partial charge < -0.3 is 5.32 Å². The van der Waals surface area contributed by atoms with Crippen LogP contribution >= 0.6 is 11.8 Å². The van der Waals surface area contributed by atoms with Crippen molar-refractivity contribution in [2.45, 2.75) is 6.54 Å². The standard InChI is InChI=1S/C18H13N3O3S/c19-9-12-3-2-6-15(8-12)20-17(23)14-5-1-4-13(7-14)10-21-16(22)11-25-18(21)24/h1-8H,10-11H2,(H,20,23). The van der Waals surface area contributed by atoms with Crippen molar-refractivity contribution in [3.63, 3.8) is 0 Å². The van der Waals surface area contributed by atoms with E-state index in [4.69, 9.17) is 5.26 Å². The molecular formula is C18H13N3O3S. The molecule has 0 bridgehead atoms. The van der Waals surface area contributed by atoms with Crippen LogP contribution in [0.5, 0.6) is 0 Å². The van der Waals surface area contributed by atoms with E-state index >= 15 is 0 Å². The van der Waals surface area contributed by atoms with Crippen LogP contribution in [-0.2, 0) is 11.3 Å². The predicted octanol–water partition coefficient (Wildman–Crippen LogP) is 3.01. The molecule has 7 heteroatoms. The lowest BCUT2D eigenvalue weighted by Gasteiger charge is -2.13. The van der Waals surface area contributed by atoms with Crippen LogP contribution in [-0.4, -0.2) is 27.7 Å². The summed E-state index contributed by atoms with van der Waals surface area (Å²) >= 11 is 0.980. The number of rotatable bonds is 4. The molecule has 1 saturated heterocycles. The van der Waals surface area contributed by atoms with Crippen molar-refractivity contribution in [3.8, 4) is 6.07 Å². The maximum absolute atomic E-state index is 12.4. The van der Waals surface area contributed by atoms with E-state index in [1.165, 1.54) is 4.90 Å². The van der Waals surface area contributed by atoms with Gasteiger partial charge in [-0.15, -0.1) is 0 Å². The third kappa shape index (κ3) is 3.87. The second kappa shape index (κ2) is 7.20. The first kappa shape index (κ1) is 16.7. The molecule has 0 aliphatic carbocycles. The molecule has 0 saturated carbocycles. The number of hydrogen-bond acceptors (Lipinski definition) is 5. The second-order valence-electron chi connectivity index (χ2n) is 5.38.